The van der Waals surface area contributed by atoms with Gasteiger partial charge >= 0.3 is 5.97 Å². The minimum atomic E-state index is -1.02. The fourth-order valence-corrected chi connectivity index (χ4v) is 3.75. The van der Waals surface area contributed by atoms with Crippen LogP contribution in [0.4, 0.5) is 0 Å². The third-order valence-corrected chi connectivity index (χ3v) is 4.74. The Hall–Kier alpha value is -3.07. The molecule has 0 unspecified atom stereocenters. The topological polar surface area (TPSA) is 46.5 Å². The smallest absolute Gasteiger partial charge is 0.325 e. The molecule has 1 aliphatic carbocycles. The highest BCUT2D eigenvalue weighted by atomic mass is 16.5. The Morgan fingerprint density at radius 2 is 1.33 bits per heavy atom. The SMILES string of the molecule is COC(=O)C1(c2ccc(O)cc2)c2ccccc2-c2ccccc21. The normalized spacial score (nSPS) is 13.9. The molecule has 3 heteroatoms. The molecule has 0 radical (unpaired) electrons. The molecule has 0 saturated carbocycles. The first-order valence-corrected chi connectivity index (χ1v) is 7.77. The van der Waals surface area contributed by atoms with E-state index < -0.39 is 5.41 Å². The number of fused-ring (bicyclic) bond motifs is 3. The standard InChI is InChI=1S/C21H16O3/c1-24-20(23)21(14-10-12-15(22)13-11-14)18-8-4-2-6-16(18)17-7-3-5-9-19(17)21/h2-13,22H,1H3. The first-order valence-electron chi connectivity index (χ1n) is 7.77. The summed E-state index contributed by atoms with van der Waals surface area (Å²) in [5.74, 6) is -0.163. The van der Waals surface area contributed by atoms with Crippen LogP contribution in [-0.2, 0) is 14.9 Å². The van der Waals surface area contributed by atoms with Gasteiger partial charge in [0.15, 0.2) is 0 Å². The van der Waals surface area contributed by atoms with Crippen molar-refractivity contribution in [2.24, 2.45) is 0 Å². The van der Waals surface area contributed by atoms with E-state index in [2.05, 4.69) is 0 Å². The van der Waals surface area contributed by atoms with E-state index in [-0.39, 0.29) is 11.7 Å². The molecule has 3 aromatic rings. The molecular formula is C21H16O3. The Morgan fingerprint density at radius 1 is 0.833 bits per heavy atom. The Kier molecular flexibility index (Phi) is 3.17. The highest BCUT2D eigenvalue weighted by Gasteiger charge is 2.51. The van der Waals surface area contributed by atoms with Crippen LogP contribution in [0.5, 0.6) is 5.75 Å². The minimum Gasteiger partial charge on any atom is -0.508 e. The van der Waals surface area contributed by atoms with Gasteiger partial charge in [0.2, 0.25) is 0 Å². The van der Waals surface area contributed by atoms with Gasteiger partial charge in [-0.1, -0.05) is 60.7 Å². The van der Waals surface area contributed by atoms with E-state index in [1.165, 1.54) is 7.11 Å². The summed E-state index contributed by atoms with van der Waals surface area (Å²) in [4.78, 5) is 13.1. The largest absolute Gasteiger partial charge is 0.508 e. The van der Waals surface area contributed by atoms with Crippen molar-refractivity contribution in [2.45, 2.75) is 5.41 Å². The van der Waals surface area contributed by atoms with E-state index in [1.807, 2.05) is 48.5 Å². The number of carbonyl (C=O) groups excluding carboxylic acids is 1. The van der Waals surface area contributed by atoms with E-state index in [0.717, 1.165) is 27.8 Å². The molecule has 1 aliphatic rings. The van der Waals surface area contributed by atoms with Crippen LogP contribution in [0.3, 0.4) is 0 Å². The second-order valence-corrected chi connectivity index (χ2v) is 5.88. The highest BCUT2D eigenvalue weighted by molar-refractivity contribution is 6.01. The number of benzene rings is 3. The van der Waals surface area contributed by atoms with Crippen LogP contribution in [0.25, 0.3) is 11.1 Å². The maximum Gasteiger partial charge on any atom is 0.325 e. The number of aromatic hydroxyl groups is 1. The number of hydrogen-bond acceptors (Lipinski definition) is 3. The van der Waals surface area contributed by atoms with E-state index in [9.17, 15) is 9.90 Å². The number of methoxy groups -OCH3 is 1. The maximum atomic E-state index is 13.1. The predicted octanol–water partition coefficient (Wildman–Crippen LogP) is 3.88. The summed E-state index contributed by atoms with van der Waals surface area (Å²) >= 11 is 0. The summed E-state index contributed by atoms with van der Waals surface area (Å²) in [6, 6.07) is 22.6. The van der Waals surface area contributed by atoms with Gasteiger partial charge in [0, 0.05) is 0 Å². The van der Waals surface area contributed by atoms with Gasteiger partial charge in [-0.25, -0.2) is 0 Å². The number of carbonyl (C=O) groups is 1. The number of esters is 1. The van der Waals surface area contributed by atoms with Gasteiger partial charge in [-0.2, -0.15) is 0 Å². The lowest BCUT2D eigenvalue weighted by Crippen LogP contribution is -2.37. The molecule has 118 valence electrons. The molecule has 4 rings (SSSR count). The molecule has 0 aliphatic heterocycles. The molecule has 0 bridgehead atoms. The zero-order valence-corrected chi connectivity index (χ0v) is 13.2. The second-order valence-electron chi connectivity index (χ2n) is 5.88. The first-order chi connectivity index (χ1) is 11.7. The van der Waals surface area contributed by atoms with Crippen molar-refractivity contribution in [3.8, 4) is 16.9 Å². The van der Waals surface area contributed by atoms with Crippen LogP contribution in [0, 0.1) is 0 Å². The van der Waals surface area contributed by atoms with E-state index in [4.69, 9.17) is 4.74 Å². The van der Waals surface area contributed by atoms with E-state index >= 15 is 0 Å². The number of phenols is 1. The summed E-state index contributed by atoms with van der Waals surface area (Å²) in [6.45, 7) is 0. The summed E-state index contributed by atoms with van der Waals surface area (Å²) in [6.07, 6.45) is 0. The van der Waals surface area contributed by atoms with Gasteiger partial charge in [0.05, 0.1) is 7.11 Å². The third kappa shape index (κ3) is 1.75. The van der Waals surface area contributed by atoms with Crippen molar-refractivity contribution < 1.29 is 14.6 Å². The lowest BCUT2D eigenvalue weighted by molar-refractivity contribution is -0.144. The van der Waals surface area contributed by atoms with Crippen LogP contribution in [0.1, 0.15) is 16.7 Å². The van der Waals surface area contributed by atoms with Crippen LogP contribution in [0.2, 0.25) is 0 Å². The fourth-order valence-electron chi connectivity index (χ4n) is 3.75. The van der Waals surface area contributed by atoms with Crippen molar-refractivity contribution in [1.29, 1.82) is 0 Å². The lowest BCUT2D eigenvalue weighted by Gasteiger charge is -2.29. The average Bonchev–Trinajstić information content (AvgIpc) is 2.93. The Balaban J connectivity index is 2.14. The number of rotatable bonds is 2. The van der Waals surface area contributed by atoms with Crippen molar-refractivity contribution in [3.05, 3.63) is 89.5 Å². The Bertz CT molecular complexity index is 880. The highest BCUT2D eigenvalue weighted by Crippen LogP contribution is 2.53. The van der Waals surface area contributed by atoms with Gasteiger partial charge in [0.1, 0.15) is 11.2 Å². The van der Waals surface area contributed by atoms with Gasteiger partial charge in [-0.15, -0.1) is 0 Å². The molecule has 0 atom stereocenters. The van der Waals surface area contributed by atoms with Crippen LogP contribution >= 0.6 is 0 Å². The molecule has 0 saturated heterocycles. The van der Waals surface area contributed by atoms with Gasteiger partial charge < -0.3 is 9.84 Å². The molecule has 3 nitrogen and oxygen atoms in total. The van der Waals surface area contributed by atoms with Crippen LogP contribution in [-0.4, -0.2) is 18.2 Å². The molecule has 0 aromatic heterocycles. The van der Waals surface area contributed by atoms with Crippen molar-refractivity contribution >= 4 is 5.97 Å². The molecular weight excluding hydrogens is 300 g/mol. The molecule has 3 aromatic carbocycles. The molecule has 1 N–H and O–H groups in total. The summed E-state index contributed by atoms with van der Waals surface area (Å²) in [5, 5.41) is 9.65. The molecule has 0 spiro atoms. The van der Waals surface area contributed by atoms with Crippen molar-refractivity contribution in [3.63, 3.8) is 0 Å². The summed E-state index contributed by atoms with van der Waals surface area (Å²) in [5.41, 5.74) is 3.64. The average molecular weight is 316 g/mol. The predicted molar refractivity (Wildman–Crippen MR) is 91.9 cm³/mol. The number of hydrogen-bond donors (Lipinski definition) is 1. The molecule has 24 heavy (non-hydrogen) atoms. The molecule has 0 fully saturated rings. The molecule has 0 heterocycles. The monoisotopic (exact) mass is 316 g/mol. The fraction of sp³-hybridized carbons (Fsp3) is 0.0952. The third-order valence-electron chi connectivity index (χ3n) is 4.74. The zero-order chi connectivity index (χ0) is 16.7. The van der Waals surface area contributed by atoms with E-state index in [0.29, 0.717) is 0 Å². The minimum absolute atomic E-state index is 0.165. The Morgan fingerprint density at radius 3 is 1.83 bits per heavy atom. The van der Waals surface area contributed by atoms with Crippen molar-refractivity contribution in [1.82, 2.24) is 0 Å². The lowest BCUT2D eigenvalue weighted by atomic mass is 9.72. The molecule has 0 amide bonds. The first kappa shape index (κ1) is 14.5. The quantitative estimate of drug-likeness (QED) is 0.730. The van der Waals surface area contributed by atoms with Crippen molar-refractivity contribution in [2.75, 3.05) is 7.11 Å². The van der Waals surface area contributed by atoms with Crippen LogP contribution in [0.15, 0.2) is 72.8 Å². The zero-order valence-electron chi connectivity index (χ0n) is 13.2. The Labute approximate surface area is 140 Å². The summed E-state index contributed by atoms with van der Waals surface area (Å²) < 4.78 is 5.23. The van der Waals surface area contributed by atoms with Gasteiger partial charge in [-0.05, 0) is 39.9 Å². The van der Waals surface area contributed by atoms with Crippen LogP contribution < -0.4 is 0 Å². The second kappa shape index (κ2) is 5.24. The number of ether oxygens (including phenoxy) is 1. The van der Waals surface area contributed by atoms with Gasteiger partial charge in [0.25, 0.3) is 0 Å². The summed E-state index contributed by atoms with van der Waals surface area (Å²) in [7, 11) is 1.41. The maximum absolute atomic E-state index is 13.1. The van der Waals surface area contributed by atoms with E-state index in [1.54, 1.807) is 24.3 Å². The van der Waals surface area contributed by atoms with Gasteiger partial charge in [-0.3, -0.25) is 4.79 Å². The number of phenolic OH excluding ortho intramolecular Hbond substituents is 1.